The highest BCUT2D eigenvalue weighted by Crippen LogP contribution is 2.34. The first-order valence-corrected chi connectivity index (χ1v) is 7.50. The fourth-order valence-electron chi connectivity index (χ4n) is 2.31. The van der Waals surface area contributed by atoms with Crippen LogP contribution >= 0.6 is 36.4 Å². The molecule has 0 aliphatic carbocycles. The summed E-state index contributed by atoms with van der Waals surface area (Å²) in [5, 5.41) is 9.20. The van der Waals surface area contributed by atoms with Crippen molar-refractivity contribution in [2.24, 2.45) is 5.92 Å². The molecule has 0 radical (unpaired) electrons. The first-order valence-electron chi connectivity index (χ1n) is 7.13. The molecule has 0 spiro atoms. The van der Waals surface area contributed by atoms with Crippen LogP contribution in [0.25, 0.3) is 5.82 Å². The SMILES string of the molecule is Cl.Cl.O=C(NCC1CNC1)c1cnn(-c2ncccc2Cl)c1C(F)(F)F. The third kappa shape index (κ3) is 4.59. The first kappa shape index (κ1) is 22.5. The summed E-state index contributed by atoms with van der Waals surface area (Å²) >= 11 is 5.90. The Hall–Kier alpha value is -1.55. The van der Waals surface area contributed by atoms with Crippen LogP contribution in [0.4, 0.5) is 13.2 Å². The van der Waals surface area contributed by atoms with Gasteiger partial charge in [-0.15, -0.1) is 24.8 Å². The number of nitrogens with one attached hydrogen (secondary N) is 2. The van der Waals surface area contributed by atoms with Gasteiger partial charge >= 0.3 is 6.18 Å². The normalized spacial score (nSPS) is 14.0. The third-order valence-electron chi connectivity index (χ3n) is 3.64. The zero-order chi connectivity index (χ0) is 17.3. The van der Waals surface area contributed by atoms with E-state index < -0.39 is 23.3 Å². The van der Waals surface area contributed by atoms with Gasteiger partial charge in [-0.1, -0.05) is 11.6 Å². The van der Waals surface area contributed by atoms with Gasteiger partial charge in [0.15, 0.2) is 11.5 Å². The Labute approximate surface area is 164 Å². The van der Waals surface area contributed by atoms with Crippen LogP contribution in [0.1, 0.15) is 16.1 Å². The van der Waals surface area contributed by atoms with Gasteiger partial charge in [-0.3, -0.25) is 4.79 Å². The summed E-state index contributed by atoms with van der Waals surface area (Å²) in [6.07, 6.45) is -2.61. The lowest BCUT2D eigenvalue weighted by molar-refractivity contribution is -0.143. The van der Waals surface area contributed by atoms with Crippen molar-refractivity contribution in [3.8, 4) is 5.82 Å². The number of pyridine rings is 1. The molecule has 2 aromatic rings. The molecule has 1 aliphatic heterocycles. The van der Waals surface area contributed by atoms with Crippen molar-refractivity contribution in [1.82, 2.24) is 25.4 Å². The minimum absolute atomic E-state index is 0. The molecule has 6 nitrogen and oxygen atoms in total. The highest BCUT2D eigenvalue weighted by molar-refractivity contribution is 6.32. The predicted octanol–water partition coefficient (Wildman–Crippen LogP) is 2.73. The number of hydrogen-bond acceptors (Lipinski definition) is 4. The number of amides is 1. The van der Waals surface area contributed by atoms with E-state index in [0.717, 1.165) is 19.3 Å². The van der Waals surface area contributed by atoms with E-state index in [0.29, 0.717) is 11.2 Å². The molecule has 1 aliphatic rings. The maximum absolute atomic E-state index is 13.5. The van der Waals surface area contributed by atoms with E-state index in [2.05, 4.69) is 20.7 Å². The highest BCUT2D eigenvalue weighted by atomic mass is 35.5. The van der Waals surface area contributed by atoms with Gasteiger partial charge in [0, 0.05) is 31.7 Å². The Morgan fingerprint density at radius 1 is 1.38 bits per heavy atom. The van der Waals surface area contributed by atoms with Crippen molar-refractivity contribution < 1.29 is 18.0 Å². The molecule has 0 bridgehead atoms. The average Bonchev–Trinajstić information content (AvgIpc) is 2.90. The predicted molar refractivity (Wildman–Crippen MR) is 94.6 cm³/mol. The molecule has 2 N–H and O–H groups in total. The molecule has 0 unspecified atom stereocenters. The van der Waals surface area contributed by atoms with Gasteiger partial charge in [0.25, 0.3) is 5.91 Å². The molecule has 26 heavy (non-hydrogen) atoms. The Bertz CT molecular complexity index is 765. The van der Waals surface area contributed by atoms with E-state index in [1.54, 1.807) is 0 Å². The summed E-state index contributed by atoms with van der Waals surface area (Å²) in [6.45, 7) is 1.77. The van der Waals surface area contributed by atoms with Gasteiger partial charge in [-0.25, -0.2) is 9.67 Å². The molecule has 144 valence electrons. The standard InChI is InChI=1S/C14H13ClF3N5O.2ClH/c15-10-2-1-3-20-12(10)23-11(14(16,17)18)9(7-22-23)13(24)21-6-8-4-19-5-8;;/h1-3,7-8,19H,4-6H2,(H,21,24);2*1H. The minimum atomic E-state index is -4.79. The summed E-state index contributed by atoms with van der Waals surface area (Å²) in [5.74, 6) is -0.787. The summed E-state index contributed by atoms with van der Waals surface area (Å²) in [6, 6.07) is 2.89. The van der Waals surface area contributed by atoms with Crippen LogP contribution in [0.15, 0.2) is 24.5 Å². The van der Waals surface area contributed by atoms with Gasteiger partial charge in [-0.2, -0.15) is 18.3 Å². The second-order valence-corrected chi connectivity index (χ2v) is 5.77. The average molecular weight is 433 g/mol. The molecule has 0 saturated carbocycles. The maximum Gasteiger partial charge on any atom is 0.434 e. The molecular weight excluding hydrogens is 418 g/mol. The Balaban J connectivity index is 0.00000169. The van der Waals surface area contributed by atoms with Crippen LogP contribution in [-0.2, 0) is 6.18 Å². The minimum Gasteiger partial charge on any atom is -0.352 e. The number of rotatable bonds is 4. The van der Waals surface area contributed by atoms with Gasteiger partial charge < -0.3 is 10.6 Å². The maximum atomic E-state index is 13.5. The van der Waals surface area contributed by atoms with Crippen molar-refractivity contribution in [3.05, 3.63) is 40.8 Å². The summed E-state index contributed by atoms with van der Waals surface area (Å²) < 4.78 is 41.0. The van der Waals surface area contributed by atoms with Crippen molar-refractivity contribution in [3.63, 3.8) is 0 Å². The van der Waals surface area contributed by atoms with Crippen molar-refractivity contribution >= 4 is 42.3 Å². The summed E-state index contributed by atoms with van der Waals surface area (Å²) in [7, 11) is 0. The quantitative estimate of drug-likeness (QED) is 0.779. The molecule has 1 fully saturated rings. The van der Waals surface area contributed by atoms with E-state index in [4.69, 9.17) is 11.6 Å². The molecule has 3 heterocycles. The Morgan fingerprint density at radius 3 is 2.62 bits per heavy atom. The third-order valence-corrected chi connectivity index (χ3v) is 3.93. The molecule has 1 amide bonds. The first-order chi connectivity index (χ1) is 11.4. The van der Waals surface area contributed by atoms with Gasteiger partial charge in [0.1, 0.15) is 0 Å². The number of halogens is 6. The Kier molecular flexibility index (Phi) is 7.70. The van der Waals surface area contributed by atoms with Crippen LogP contribution in [-0.4, -0.2) is 40.3 Å². The lowest BCUT2D eigenvalue weighted by atomic mass is 10.0. The summed E-state index contributed by atoms with van der Waals surface area (Å²) in [4.78, 5) is 16.0. The van der Waals surface area contributed by atoms with E-state index in [1.165, 1.54) is 18.3 Å². The molecule has 12 heteroatoms. The van der Waals surface area contributed by atoms with Crippen LogP contribution in [0.3, 0.4) is 0 Å². The second kappa shape index (κ2) is 8.90. The number of alkyl halides is 3. The number of carbonyl (C=O) groups is 1. The van der Waals surface area contributed by atoms with Gasteiger partial charge in [-0.05, 0) is 12.1 Å². The Morgan fingerprint density at radius 2 is 2.08 bits per heavy atom. The molecule has 3 rings (SSSR count). The monoisotopic (exact) mass is 431 g/mol. The number of aromatic nitrogens is 3. The van der Waals surface area contributed by atoms with Crippen LogP contribution in [0.5, 0.6) is 0 Å². The van der Waals surface area contributed by atoms with E-state index in [-0.39, 0.29) is 41.6 Å². The second-order valence-electron chi connectivity index (χ2n) is 5.36. The van der Waals surface area contributed by atoms with E-state index >= 15 is 0 Å². The lowest BCUT2D eigenvalue weighted by Gasteiger charge is -2.27. The van der Waals surface area contributed by atoms with Crippen molar-refractivity contribution in [2.75, 3.05) is 19.6 Å². The van der Waals surface area contributed by atoms with Crippen LogP contribution < -0.4 is 10.6 Å². The van der Waals surface area contributed by atoms with E-state index in [1.807, 2.05) is 0 Å². The van der Waals surface area contributed by atoms with Gasteiger partial charge in [0.2, 0.25) is 0 Å². The zero-order valence-corrected chi connectivity index (χ0v) is 15.5. The summed E-state index contributed by atoms with van der Waals surface area (Å²) in [5.41, 5.74) is -1.76. The van der Waals surface area contributed by atoms with Crippen LogP contribution in [0.2, 0.25) is 5.02 Å². The number of nitrogens with zero attached hydrogens (tertiary/aromatic N) is 3. The smallest absolute Gasteiger partial charge is 0.352 e. The fourth-order valence-corrected chi connectivity index (χ4v) is 2.51. The largest absolute Gasteiger partial charge is 0.434 e. The molecule has 0 aromatic carbocycles. The molecule has 1 saturated heterocycles. The fraction of sp³-hybridized carbons (Fsp3) is 0.357. The number of carbonyl (C=O) groups excluding carboxylic acids is 1. The van der Waals surface area contributed by atoms with Crippen LogP contribution in [0, 0.1) is 5.92 Å². The van der Waals surface area contributed by atoms with Crippen molar-refractivity contribution in [2.45, 2.75) is 6.18 Å². The lowest BCUT2D eigenvalue weighted by Crippen LogP contribution is -2.48. The van der Waals surface area contributed by atoms with Gasteiger partial charge in [0.05, 0.1) is 16.8 Å². The zero-order valence-electron chi connectivity index (χ0n) is 13.1. The van der Waals surface area contributed by atoms with Crippen molar-refractivity contribution in [1.29, 1.82) is 0 Å². The molecule has 2 aromatic heterocycles. The molecule has 0 atom stereocenters. The molecular formula is C14H15Cl3F3N5O. The number of hydrogen-bond donors (Lipinski definition) is 2. The topological polar surface area (TPSA) is 71.8 Å². The highest BCUT2D eigenvalue weighted by Gasteiger charge is 2.41. The van der Waals surface area contributed by atoms with E-state index in [9.17, 15) is 18.0 Å².